The van der Waals surface area contributed by atoms with Crippen molar-refractivity contribution >= 4 is 5.91 Å². The first-order valence-electron chi connectivity index (χ1n) is 8.00. The van der Waals surface area contributed by atoms with Gasteiger partial charge in [-0.15, -0.1) is 0 Å². The summed E-state index contributed by atoms with van der Waals surface area (Å²) >= 11 is 0. The van der Waals surface area contributed by atoms with Crippen LogP contribution in [0.5, 0.6) is 0 Å². The van der Waals surface area contributed by atoms with Crippen molar-refractivity contribution in [3.05, 3.63) is 35.4 Å². The third-order valence-corrected chi connectivity index (χ3v) is 4.37. The molecule has 0 saturated carbocycles. The minimum atomic E-state index is -0.516. The second kappa shape index (κ2) is 7.68. The van der Waals surface area contributed by atoms with Gasteiger partial charge in [-0.1, -0.05) is 6.07 Å². The minimum Gasteiger partial charge on any atom is -0.343 e. The molecule has 0 N–H and O–H groups in total. The van der Waals surface area contributed by atoms with E-state index in [2.05, 4.69) is 0 Å². The number of hydrogen-bond acceptors (Lipinski definition) is 2. The molecule has 0 spiro atoms. The molecule has 1 aromatic carbocycles. The summed E-state index contributed by atoms with van der Waals surface area (Å²) in [5.41, 5.74) is 0.0958. The van der Waals surface area contributed by atoms with E-state index in [1.165, 1.54) is 18.2 Å². The number of rotatable bonds is 5. The van der Waals surface area contributed by atoms with Gasteiger partial charge in [0.05, 0.1) is 5.92 Å². The van der Waals surface area contributed by atoms with Crippen LogP contribution in [-0.2, 0) is 11.3 Å². The van der Waals surface area contributed by atoms with Gasteiger partial charge in [-0.05, 0) is 45.4 Å². The maximum absolute atomic E-state index is 13.8. The van der Waals surface area contributed by atoms with Gasteiger partial charge in [-0.3, -0.25) is 9.69 Å². The highest BCUT2D eigenvalue weighted by atomic mass is 19.1. The monoisotopic (exact) mass is 310 g/mol. The van der Waals surface area contributed by atoms with E-state index in [0.29, 0.717) is 19.6 Å². The van der Waals surface area contributed by atoms with Crippen molar-refractivity contribution < 1.29 is 13.6 Å². The number of likely N-dealkylation sites (tertiary alicyclic amines) is 1. The molecule has 1 aliphatic rings. The van der Waals surface area contributed by atoms with Gasteiger partial charge >= 0.3 is 0 Å². The Morgan fingerprint density at radius 2 is 1.91 bits per heavy atom. The zero-order valence-corrected chi connectivity index (χ0v) is 13.3. The van der Waals surface area contributed by atoms with Gasteiger partial charge in [0.2, 0.25) is 5.91 Å². The predicted molar refractivity (Wildman–Crippen MR) is 82.3 cm³/mol. The summed E-state index contributed by atoms with van der Waals surface area (Å²) in [6, 6.07) is 3.93. The van der Waals surface area contributed by atoms with Gasteiger partial charge in [-0.25, -0.2) is 8.78 Å². The largest absolute Gasteiger partial charge is 0.343 e. The van der Waals surface area contributed by atoms with E-state index in [1.807, 2.05) is 23.6 Å². The summed E-state index contributed by atoms with van der Waals surface area (Å²) in [7, 11) is 0. The van der Waals surface area contributed by atoms with Crippen molar-refractivity contribution in [2.45, 2.75) is 33.2 Å². The Kier molecular flexibility index (Phi) is 5.89. The third-order valence-electron chi connectivity index (χ3n) is 4.37. The van der Waals surface area contributed by atoms with Gasteiger partial charge in [0.1, 0.15) is 11.6 Å². The van der Waals surface area contributed by atoms with Crippen LogP contribution in [0.25, 0.3) is 0 Å². The Bertz CT molecular complexity index is 497. The van der Waals surface area contributed by atoms with E-state index in [0.717, 1.165) is 19.4 Å². The number of benzene rings is 1. The number of amides is 1. The zero-order chi connectivity index (χ0) is 16.1. The summed E-state index contributed by atoms with van der Waals surface area (Å²) in [5.74, 6) is -0.943. The van der Waals surface area contributed by atoms with Crippen LogP contribution in [0.4, 0.5) is 8.78 Å². The average Bonchev–Trinajstić information content (AvgIpc) is 2.52. The van der Waals surface area contributed by atoms with Crippen molar-refractivity contribution in [1.29, 1.82) is 0 Å². The number of piperidine rings is 1. The van der Waals surface area contributed by atoms with Crippen LogP contribution in [0.1, 0.15) is 32.3 Å². The first-order valence-corrected chi connectivity index (χ1v) is 8.00. The predicted octanol–water partition coefficient (Wildman–Crippen LogP) is 3.05. The molecule has 22 heavy (non-hydrogen) atoms. The van der Waals surface area contributed by atoms with E-state index in [1.54, 1.807) is 0 Å². The molecule has 0 aliphatic carbocycles. The van der Waals surface area contributed by atoms with Crippen molar-refractivity contribution in [2.75, 3.05) is 26.2 Å². The van der Waals surface area contributed by atoms with Crippen LogP contribution in [0.3, 0.4) is 0 Å². The minimum absolute atomic E-state index is 0.0662. The molecule has 1 amide bonds. The molecule has 1 aliphatic heterocycles. The highest BCUT2D eigenvalue weighted by molar-refractivity contribution is 5.79. The van der Waals surface area contributed by atoms with Crippen LogP contribution >= 0.6 is 0 Å². The molecule has 1 heterocycles. The molecule has 0 bridgehead atoms. The smallest absolute Gasteiger partial charge is 0.226 e. The van der Waals surface area contributed by atoms with E-state index in [9.17, 15) is 13.6 Å². The molecule has 1 fully saturated rings. The Labute approximate surface area is 130 Å². The Morgan fingerprint density at radius 1 is 1.27 bits per heavy atom. The summed E-state index contributed by atoms with van der Waals surface area (Å²) in [6.07, 6.45) is 1.74. The Hall–Kier alpha value is -1.49. The Balaban J connectivity index is 2.03. The highest BCUT2D eigenvalue weighted by Crippen LogP contribution is 2.22. The van der Waals surface area contributed by atoms with Crippen LogP contribution in [0, 0.1) is 17.6 Å². The van der Waals surface area contributed by atoms with Gasteiger partial charge in [0.25, 0.3) is 0 Å². The molecule has 1 aromatic rings. The van der Waals surface area contributed by atoms with Gasteiger partial charge < -0.3 is 4.90 Å². The number of hydrogen-bond donors (Lipinski definition) is 0. The Morgan fingerprint density at radius 3 is 2.50 bits per heavy atom. The molecule has 5 heteroatoms. The third kappa shape index (κ3) is 3.83. The number of halogens is 2. The lowest BCUT2D eigenvalue weighted by Crippen LogP contribution is -2.44. The fraction of sp³-hybridized carbons (Fsp3) is 0.588. The van der Waals surface area contributed by atoms with Gasteiger partial charge in [0.15, 0.2) is 0 Å². The van der Waals surface area contributed by atoms with Crippen LogP contribution in [0.15, 0.2) is 18.2 Å². The van der Waals surface area contributed by atoms with Crippen LogP contribution < -0.4 is 0 Å². The zero-order valence-electron chi connectivity index (χ0n) is 13.3. The highest BCUT2D eigenvalue weighted by Gasteiger charge is 2.29. The average molecular weight is 310 g/mol. The molecule has 0 radical (unpaired) electrons. The van der Waals surface area contributed by atoms with Gasteiger partial charge in [0, 0.05) is 31.7 Å². The quantitative estimate of drug-likeness (QED) is 0.834. The maximum Gasteiger partial charge on any atom is 0.226 e. The van der Waals surface area contributed by atoms with Crippen molar-refractivity contribution in [1.82, 2.24) is 9.80 Å². The lowest BCUT2D eigenvalue weighted by molar-refractivity contribution is -0.137. The van der Waals surface area contributed by atoms with Gasteiger partial charge in [-0.2, -0.15) is 0 Å². The van der Waals surface area contributed by atoms with Crippen LogP contribution in [-0.4, -0.2) is 41.9 Å². The summed E-state index contributed by atoms with van der Waals surface area (Å²) in [6.45, 7) is 6.91. The maximum atomic E-state index is 13.8. The molecular weight excluding hydrogens is 286 g/mol. The first kappa shape index (κ1) is 16.9. The molecule has 3 nitrogen and oxygen atoms in total. The lowest BCUT2D eigenvalue weighted by atomic mass is 9.96. The second-order valence-electron chi connectivity index (χ2n) is 5.79. The van der Waals surface area contributed by atoms with E-state index in [-0.39, 0.29) is 23.9 Å². The fourth-order valence-corrected chi connectivity index (χ4v) is 3.10. The molecule has 2 rings (SSSR count). The summed E-state index contributed by atoms with van der Waals surface area (Å²) < 4.78 is 27.5. The molecule has 1 saturated heterocycles. The molecule has 122 valence electrons. The van der Waals surface area contributed by atoms with E-state index < -0.39 is 11.6 Å². The van der Waals surface area contributed by atoms with Crippen LogP contribution in [0.2, 0.25) is 0 Å². The van der Waals surface area contributed by atoms with E-state index >= 15 is 0 Å². The van der Waals surface area contributed by atoms with E-state index in [4.69, 9.17) is 0 Å². The standard InChI is InChI=1S/C17H24F2N2O/c1-3-21(4-2)17(22)13-7-6-10-20(11-13)12-14-15(18)8-5-9-16(14)19/h5,8-9,13H,3-4,6-7,10-12H2,1-2H3. The molecule has 0 aromatic heterocycles. The number of carbonyl (C=O) groups is 1. The van der Waals surface area contributed by atoms with Crippen molar-refractivity contribution in [2.24, 2.45) is 5.92 Å². The SMILES string of the molecule is CCN(CC)C(=O)C1CCCN(Cc2c(F)cccc2F)C1. The molecular formula is C17H24F2N2O. The fourth-order valence-electron chi connectivity index (χ4n) is 3.10. The molecule has 1 unspecified atom stereocenters. The molecule has 1 atom stereocenters. The summed E-state index contributed by atoms with van der Waals surface area (Å²) in [5, 5.41) is 0. The topological polar surface area (TPSA) is 23.6 Å². The second-order valence-corrected chi connectivity index (χ2v) is 5.79. The lowest BCUT2D eigenvalue weighted by Gasteiger charge is -2.34. The summed E-state index contributed by atoms with van der Waals surface area (Å²) in [4.78, 5) is 16.3. The first-order chi connectivity index (χ1) is 10.6. The van der Waals surface area contributed by atoms with Crippen molar-refractivity contribution in [3.63, 3.8) is 0 Å². The van der Waals surface area contributed by atoms with Crippen molar-refractivity contribution in [3.8, 4) is 0 Å². The number of carbonyl (C=O) groups excluding carboxylic acids is 1. The number of nitrogens with zero attached hydrogens (tertiary/aromatic N) is 2. The normalized spacial score (nSPS) is 19.2.